The van der Waals surface area contributed by atoms with E-state index in [-0.39, 0.29) is 33.9 Å². The van der Waals surface area contributed by atoms with Crippen LogP contribution in [0.15, 0.2) is 47.3 Å². The Morgan fingerprint density at radius 3 is 2.61 bits per heavy atom. The molecule has 3 rings (SSSR count). The van der Waals surface area contributed by atoms with E-state index < -0.39 is 4.92 Å². The Morgan fingerprint density at radius 1 is 1.22 bits per heavy atom. The van der Waals surface area contributed by atoms with Gasteiger partial charge in [0.25, 0.3) is 11.2 Å². The van der Waals surface area contributed by atoms with Gasteiger partial charge < -0.3 is 0 Å². The zero-order chi connectivity index (χ0) is 16.6. The van der Waals surface area contributed by atoms with Crippen LogP contribution in [0.25, 0.3) is 16.6 Å². The van der Waals surface area contributed by atoms with E-state index in [2.05, 4.69) is 4.98 Å². The molecule has 3 aromatic rings. The zero-order valence-corrected chi connectivity index (χ0v) is 13.1. The maximum Gasteiger partial charge on any atom is 0.271 e. The molecule has 23 heavy (non-hydrogen) atoms. The molecule has 0 radical (unpaired) electrons. The van der Waals surface area contributed by atoms with Crippen molar-refractivity contribution in [3.05, 3.63) is 73.8 Å². The summed E-state index contributed by atoms with van der Waals surface area (Å²) in [6.07, 6.45) is 0. The van der Waals surface area contributed by atoms with Gasteiger partial charge in [-0.3, -0.25) is 19.5 Å². The Balaban J connectivity index is 2.38. The van der Waals surface area contributed by atoms with Crippen molar-refractivity contribution in [2.45, 2.75) is 5.88 Å². The van der Waals surface area contributed by atoms with Crippen molar-refractivity contribution in [3.63, 3.8) is 0 Å². The molecule has 0 fully saturated rings. The number of hydrogen-bond acceptors (Lipinski definition) is 4. The van der Waals surface area contributed by atoms with E-state index in [4.69, 9.17) is 23.2 Å². The number of alkyl halides is 1. The Kier molecular flexibility index (Phi) is 4.02. The summed E-state index contributed by atoms with van der Waals surface area (Å²) < 4.78 is 1.32. The van der Waals surface area contributed by atoms with Crippen LogP contribution in [-0.2, 0) is 5.88 Å². The topological polar surface area (TPSA) is 78.0 Å². The van der Waals surface area contributed by atoms with E-state index in [1.54, 1.807) is 24.3 Å². The van der Waals surface area contributed by atoms with Crippen molar-refractivity contribution in [3.8, 4) is 5.69 Å². The molecule has 1 heterocycles. The van der Waals surface area contributed by atoms with Crippen molar-refractivity contribution >= 4 is 39.8 Å². The first kappa shape index (κ1) is 15.5. The van der Waals surface area contributed by atoms with Crippen LogP contribution in [0, 0.1) is 10.1 Å². The van der Waals surface area contributed by atoms with Crippen molar-refractivity contribution < 1.29 is 4.92 Å². The number of non-ortho nitro benzene ring substituents is 1. The summed E-state index contributed by atoms with van der Waals surface area (Å²) in [5, 5.41) is 11.5. The van der Waals surface area contributed by atoms with Gasteiger partial charge in [-0.05, 0) is 18.2 Å². The van der Waals surface area contributed by atoms with Gasteiger partial charge in [-0.15, -0.1) is 11.6 Å². The van der Waals surface area contributed by atoms with Crippen molar-refractivity contribution in [2.75, 3.05) is 0 Å². The molecule has 8 heteroatoms. The second kappa shape index (κ2) is 5.98. The van der Waals surface area contributed by atoms with Gasteiger partial charge in [-0.25, -0.2) is 4.98 Å². The third-order valence-corrected chi connectivity index (χ3v) is 3.90. The van der Waals surface area contributed by atoms with Crippen LogP contribution in [0.2, 0.25) is 5.02 Å². The molecule has 0 aliphatic carbocycles. The summed E-state index contributed by atoms with van der Waals surface area (Å²) in [5.41, 5.74) is 0.166. The van der Waals surface area contributed by atoms with Gasteiger partial charge in [0.15, 0.2) is 0 Å². The highest BCUT2D eigenvalue weighted by molar-refractivity contribution is 6.32. The SMILES string of the molecule is O=c1c2ccc([N+](=O)[O-])cc2nc(CCl)n1-c1ccccc1Cl. The largest absolute Gasteiger partial charge is 0.271 e. The number of nitro groups is 1. The second-order valence-electron chi connectivity index (χ2n) is 4.71. The number of para-hydroxylation sites is 1. The predicted octanol–water partition coefficient (Wildman–Crippen LogP) is 3.69. The second-order valence-corrected chi connectivity index (χ2v) is 5.39. The Hall–Kier alpha value is -2.44. The molecular formula is C15H9Cl2N3O3. The monoisotopic (exact) mass is 349 g/mol. The van der Waals surface area contributed by atoms with Crippen LogP contribution in [-0.4, -0.2) is 14.5 Å². The average Bonchev–Trinajstić information content (AvgIpc) is 2.55. The lowest BCUT2D eigenvalue weighted by Gasteiger charge is -2.13. The third kappa shape index (κ3) is 2.67. The summed E-state index contributed by atoms with van der Waals surface area (Å²) in [6, 6.07) is 10.7. The number of benzene rings is 2. The van der Waals surface area contributed by atoms with Gasteiger partial charge in [0.05, 0.1) is 32.4 Å². The normalized spacial score (nSPS) is 10.9. The van der Waals surface area contributed by atoms with E-state index in [9.17, 15) is 14.9 Å². The molecule has 0 unspecified atom stereocenters. The Bertz CT molecular complexity index is 985. The molecule has 6 nitrogen and oxygen atoms in total. The van der Waals surface area contributed by atoms with Crippen molar-refractivity contribution in [2.24, 2.45) is 0 Å². The number of halogens is 2. The minimum absolute atomic E-state index is 0.0426. The fourth-order valence-electron chi connectivity index (χ4n) is 2.30. The van der Waals surface area contributed by atoms with Crippen molar-refractivity contribution in [1.82, 2.24) is 9.55 Å². The molecule has 2 aromatic carbocycles. The molecule has 116 valence electrons. The number of nitro benzene ring substituents is 1. The smallest absolute Gasteiger partial charge is 0.268 e. The highest BCUT2D eigenvalue weighted by Crippen LogP contribution is 2.23. The van der Waals surface area contributed by atoms with Crippen molar-refractivity contribution in [1.29, 1.82) is 0 Å². The van der Waals surface area contributed by atoms with Gasteiger partial charge in [0.1, 0.15) is 5.82 Å². The summed E-state index contributed by atoms with van der Waals surface area (Å²) >= 11 is 12.1. The van der Waals surface area contributed by atoms with Gasteiger partial charge in [-0.1, -0.05) is 23.7 Å². The summed E-state index contributed by atoms with van der Waals surface area (Å²) in [7, 11) is 0. The lowest BCUT2D eigenvalue weighted by Crippen LogP contribution is -2.23. The molecule has 0 N–H and O–H groups in total. The highest BCUT2D eigenvalue weighted by atomic mass is 35.5. The first-order valence-corrected chi connectivity index (χ1v) is 7.45. The predicted molar refractivity (Wildman–Crippen MR) is 88.6 cm³/mol. The lowest BCUT2D eigenvalue weighted by molar-refractivity contribution is -0.384. The molecule has 0 spiro atoms. The third-order valence-electron chi connectivity index (χ3n) is 3.35. The van der Waals surface area contributed by atoms with Gasteiger partial charge in [0.2, 0.25) is 0 Å². The Labute approximate surface area is 140 Å². The van der Waals surface area contributed by atoms with E-state index in [1.165, 1.54) is 22.8 Å². The highest BCUT2D eigenvalue weighted by Gasteiger charge is 2.16. The van der Waals surface area contributed by atoms with Crippen LogP contribution in [0.5, 0.6) is 0 Å². The molecule has 0 atom stereocenters. The van der Waals surface area contributed by atoms with Crippen LogP contribution in [0.3, 0.4) is 0 Å². The average molecular weight is 350 g/mol. The zero-order valence-electron chi connectivity index (χ0n) is 11.6. The summed E-state index contributed by atoms with van der Waals surface area (Å²) in [5.74, 6) is 0.219. The molecule has 0 saturated heterocycles. The Morgan fingerprint density at radius 2 is 1.96 bits per heavy atom. The summed E-state index contributed by atoms with van der Waals surface area (Å²) in [6.45, 7) is 0. The maximum atomic E-state index is 12.8. The molecule has 0 saturated carbocycles. The molecule has 0 aliphatic heterocycles. The minimum Gasteiger partial charge on any atom is -0.268 e. The standard InChI is InChI=1S/C15H9Cl2N3O3/c16-8-14-18-12-7-9(20(22)23)5-6-10(12)15(21)19(14)13-4-2-1-3-11(13)17/h1-7H,8H2. The first-order valence-electron chi connectivity index (χ1n) is 6.54. The molecular weight excluding hydrogens is 341 g/mol. The molecule has 0 aliphatic rings. The fourth-order valence-corrected chi connectivity index (χ4v) is 2.70. The fraction of sp³-hybridized carbons (Fsp3) is 0.0667. The van der Waals surface area contributed by atoms with Crippen LogP contribution in [0.1, 0.15) is 5.82 Å². The summed E-state index contributed by atoms with van der Waals surface area (Å²) in [4.78, 5) is 27.4. The van der Waals surface area contributed by atoms with Crippen LogP contribution >= 0.6 is 23.2 Å². The van der Waals surface area contributed by atoms with Gasteiger partial charge in [0, 0.05) is 12.1 Å². The number of hydrogen-bond donors (Lipinski definition) is 0. The van der Waals surface area contributed by atoms with E-state index >= 15 is 0 Å². The van der Waals surface area contributed by atoms with Crippen LogP contribution in [0.4, 0.5) is 5.69 Å². The number of nitrogens with zero attached hydrogens (tertiary/aromatic N) is 3. The first-order chi connectivity index (χ1) is 11.0. The molecule has 0 amide bonds. The van der Waals surface area contributed by atoms with E-state index in [0.29, 0.717) is 10.7 Å². The molecule has 0 bridgehead atoms. The van der Waals surface area contributed by atoms with E-state index in [0.717, 1.165) is 0 Å². The molecule has 1 aromatic heterocycles. The lowest BCUT2D eigenvalue weighted by atomic mass is 10.2. The van der Waals surface area contributed by atoms with Gasteiger partial charge in [-0.2, -0.15) is 0 Å². The number of aromatic nitrogens is 2. The number of rotatable bonds is 3. The van der Waals surface area contributed by atoms with E-state index in [1.807, 2.05) is 0 Å². The van der Waals surface area contributed by atoms with Crippen LogP contribution < -0.4 is 5.56 Å². The maximum absolute atomic E-state index is 12.8. The van der Waals surface area contributed by atoms with Gasteiger partial charge >= 0.3 is 0 Å². The minimum atomic E-state index is -0.541. The quantitative estimate of drug-likeness (QED) is 0.410. The number of fused-ring (bicyclic) bond motifs is 1.